The van der Waals surface area contributed by atoms with E-state index in [-0.39, 0.29) is 23.4 Å². The molecule has 2 atom stereocenters. The van der Waals surface area contributed by atoms with Crippen molar-refractivity contribution in [2.24, 2.45) is 11.7 Å². The van der Waals surface area contributed by atoms with Crippen LogP contribution in [0.2, 0.25) is 0 Å². The SMILES string of the molecule is NC1CCCC(C(=O)Nc2ccc(C(=O)O)cc2Br)C1. The molecule has 0 heterocycles. The van der Waals surface area contributed by atoms with Crippen LogP contribution >= 0.6 is 15.9 Å². The molecular weight excluding hydrogens is 324 g/mol. The zero-order chi connectivity index (χ0) is 14.7. The molecule has 1 aliphatic rings. The molecule has 1 fully saturated rings. The van der Waals surface area contributed by atoms with Crippen LogP contribution < -0.4 is 11.1 Å². The molecule has 0 radical (unpaired) electrons. The largest absolute Gasteiger partial charge is 0.478 e. The number of carboxylic acid groups (broad SMARTS) is 1. The third-order valence-electron chi connectivity index (χ3n) is 3.56. The Bertz CT molecular complexity index is 533. The van der Waals surface area contributed by atoms with Crippen LogP contribution in [0.5, 0.6) is 0 Å². The molecule has 0 aromatic heterocycles. The van der Waals surface area contributed by atoms with Gasteiger partial charge in [-0.05, 0) is 53.4 Å². The van der Waals surface area contributed by atoms with Gasteiger partial charge < -0.3 is 16.2 Å². The monoisotopic (exact) mass is 340 g/mol. The summed E-state index contributed by atoms with van der Waals surface area (Å²) in [4.78, 5) is 23.0. The van der Waals surface area contributed by atoms with E-state index in [1.807, 2.05) is 0 Å². The van der Waals surface area contributed by atoms with Crippen molar-refractivity contribution in [2.75, 3.05) is 5.32 Å². The van der Waals surface area contributed by atoms with E-state index in [0.717, 1.165) is 19.3 Å². The highest BCUT2D eigenvalue weighted by Crippen LogP contribution is 2.27. The third-order valence-corrected chi connectivity index (χ3v) is 4.22. The van der Waals surface area contributed by atoms with E-state index in [2.05, 4.69) is 21.2 Å². The first-order valence-electron chi connectivity index (χ1n) is 6.56. The third kappa shape index (κ3) is 3.58. The lowest BCUT2D eigenvalue weighted by Crippen LogP contribution is -2.34. The summed E-state index contributed by atoms with van der Waals surface area (Å²) in [7, 11) is 0. The second-order valence-electron chi connectivity index (χ2n) is 5.11. The van der Waals surface area contributed by atoms with Gasteiger partial charge >= 0.3 is 5.97 Å². The molecule has 6 heteroatoms. The Balaban J connectivity index is 2.06. The fourth-order valence-corrected chi connectivity index (χ4v) is 2.93. The molecular formula is C14H17BrN2O3. The van der Waals surface area contributed by atoms with E-state index < -0.39 is 5.97 Å². The van der Waals surface area contributed by atoms with Gasteiger partial charge in [-0.3, -0.25) is 4.79 Å². The minimum absolute atomic E-state index is 0.0519. The van der Waals surface area contributed by atoms with Crippen LogP contribution in [0.4, 0.5) is 5.69 Å². The van der Waals surface area contributed by atoms with Crippen molar-refractivity contribution in [3.63, 3.8) is 0 Å². The molecule has 0 bridgehead atoms. The Kier molecular flexibility index (Phi) is 4.77. The number of benzene rings is 1. The molecule has 2 unspecified atom stereocenters. The maximum atomic E-state index is 12.2. The quantitative estimate of drug-likeness (QED) is 0.788. The fourth-order valence-electron chi connectivity index (χ4n) is 2.45. The standard InChI is InChI=1S/C14H17BrN2O3/c15-11-7-9(14(19)20)4-5-12(11)17-13(18)8-2-1-3-10(16)6-8/h4-5,7-8,10H,1-3,6,16H2,(H,17,18)(H,19,20). The molecule has 1 amide bonds. The lowest BCUT2D eigenvalue weighted by molar-refractivity contribution is -0.120. The topological polar surface area (TPSA) is 92.4 Å². The van der Waals surface area contributed by atoms with Gasteiger partial charge in [0, 0.05) is 16.4 Å². The van der Waals surface area contributed by atoms with Crippen LogP contribution in [0.1, 0.15) is 36.0 Å². The molecule has 5 nitrogen and oxygen atoms in total. The van der Waals surface area contributed by atoms with Crippen LogP contribution in [0.15, 0.2) is 22.7 Å². The molecule has 1 aromatic rings. The Morgan fingerprint density at radius 3 is 2.70 bits per heavy atom. The minimum Gasteiger partial charge on any atom is -0.478 e. The van der Waals surface area contributed by atoms with Gasteiger partial charge in [-0.2, -0.15) is 0 Å². The number of carboxylic acids is 1. The first-order valence-corrected chi connectivity index (χ1v) is 7.36. The van der Waals surface area contributed by atoms with Crippen molar-refractivity contribution < 1.29 is 14.7 Å². The smallest absolute Gasteiger partial charge is 0.335 e. The number of rotatable bonds is 3. The zero-order valence-corrected chi connectivity index (χ0v) is 12.5. The van der Waals surface area contributed by atoms with Gasteiger partial charge in [0.1, 0.15) is 0 Å². The molecule has 20 heavy (non-hydrogen) atoms. The highest BCUT2D eigenvalue weighted by molar-refractivity contribution is 9.10. The lowest BCUT2D eigenvalue weighted by Gasteiger charge is -2.25. The molecule has 0 spiro atoms. The summed E-state index contributed by atoms with van der Waals surface area (Å²) in [5.41, 5.74) is 6.64. The van der Waals surface area contributed by atoms with E-state index in [0.29, 0.717) is 16.6 Å². The number of nitrogens with two attached hydrogens (primary N) is 1. The molecule has 0 saturated heterocycles. The maximum absolute atomic E-state index is 12.2. The summed E-state index contributed by atoms with van der Waals surface area (Å²) in [6.45, 7) is 0. The van der Waals surface area contributed by atoms with E-state index in [4.69, 9.17) is 10.8 Å². The number of carbonyl (C=O) groups is 2. The van der Waals surface area contributed by atoms with Crippen molar-refractivity contribution in [3.8, 4) is 0 Å². The predicted octanol–water partition coefficient (Wildman–Crippen LogP) is 2.60. The number of anilines is 1. The van der Waals surface area contributed by atoms with E-state index in [9.17, 15) is 9.59 Å². The molecule has 1 saturated carbocycles. The first-order chi connectivity index (χ1) is 9.47. The van der Waals surface area contributed by atoms with Gasteiger partial charge in [-0.15, -0.1) is 0 Å². The van der Waals surface area contributed by atoms with E-state index >= 15 is 0 Å². The Hall–Kier alpha value is -1.40. The molecule has 1 aliphatic carbocycles. The second kappa shape index (κ2) is 6.37. The van der Waals surface area contributed by atoms with Crippen molar-refractivity contribution in [1.29, 1.82) is 0 Å². The molecule has 4 N–H and O–H groups in total. The van der Waals surface area contributed by atoms with Gasteiger partial charge in [-0.25, -0.2) is 4.79 Å². The van der Waals surface area contributed by atoms with Gasteiger partial charge in [0.05, 0.1) is 11.3 Å². The summed E-state index contributed by atoms with van der Waals surface area (Å²) in [5, 5.41) is 11.7. The number of amides is 1. The Morgan fingerprint density at radius 2 is 2.10 bits per heavy atom. The zero-order valence-electron chi connectivity index (χ0n) is 10.9. The van der Waals surface area contributed by atoms with Crippen LogP contribution in [0.25, 0.3) is 0 Å². The normalized spacial score (nSPS) is 22.3. The molecule has 108 valence electrons. The number of aromatic carboxylic acids is 1. The Labute approximate surface area is 125 Å². The predicted molar refractivity (Wildman–Crippen MR) is 79.7 cm³/mol. The minimum atomic E-state index is -0.998. The van der Waals surface area contributed by atoms with Crippen LogP contribution in [-0.2, 0) is 4.79 Å². The maximum Gasteiger partial charge on any atom is 0.335 e. The summed E-state index contributed by atoms with van der Waals surface area (Å²) < 4.78 is 0.561. The van der Waals surface area contributed by atoms with Gasteiger partial charge in [0.15, 0.2) is 0 Å². The van der Waals surface area contributed by atoms with E-state index in [1.165, 1.54) is 12.1 Å². The average Bonchev–Trinajstić information content (AvgIpc) is 2.40. The lowest BCUT2D eigenvalue weighted by atomic mass is 9.85. The summed E-state index contributed by atoms with van der Waals surface area (Å²) in [5.74, 6) is -1.12. The average molecular weight is 341 g/mol. The van der Waals surface area contributed by atoms with Crippen molar-refractivity contribution >= 4 is 33.5 Å². The van der Waals surface area contributed by atoms with Crippen molar-refractivity contribution in [2.45, 2.75) is 31.7 Å². The fraction of sp³-hybridized carbons (Fsp3) is 0.429. The number of hydrogen-bond acceptors (Lipinski definition) is 3. The van der Waals surface area contributed by atoms with Gasteiger partial charge in [0.25, 0.3) is 0 Å². The highest BCUT2D eigenvalue weighted by Gasteiger charge is 2.25. The summed E-state index contributed by atoms with van der Waals surface area (Å²) in [6.07, 6.45) is 3.50. The number of hydrogen-bond donors (Lipinski definition) is 3. The van der Waals surface area contributed by atoms with Gasteiger partial charge in [-0.1, -0.05) is 6.42 Å². The second-order valence-corrected chi connectivity index (χ2v) is 5.97. The summed E-state index contributed by atoms with van der Waals surface area (Å²) >= 11 is 3.28. The Morgan fingerprint density at radius 1 is 1.35 bits per heavy atom. The number of carbonyl (C=O) groups excluding carboxylic acids is 1. The number of halogens is 1. The first kappa shape index (κ1) is 15.0. The van der Waals surface area contributed by atoms with Crippen LogP contribution in [0.3, 0.4) is 0 Å². The van der Waals surface area contributed by atoms with Crippen molar-refractivity contribution in [3.05, 3.63) is 28.2 Å². The number of nitrogens with one attached hydrogen (secondary N) is 1. The molecule has 0 aliphatic heterocycles. The molecule has 1 aromatic carbocycles. The van der Waals surface area contributed by atoms with Gasteiger partial charge in [0.2, 0.25) is 5.91 Å². The van der Waals surface area contributed by atoms with Crippen LogP contribution in [0, 0.1) is 5.92 Å². The van der Waals surface area contributed by atoms with E-state index in [1.54, 1.807) is 6.07 Å². The van der Waals surface area contributed by atoms with Crippen LogP contribution in [-0.4, -0.2) is 23.0 Å². The highest BCUT2D eigenvalue weighted by atomic mass is 79.9. The van der Waals surface area contributed by atoms with Crippen molar-refractivity contribution in [1.82, 2.24) is 0 Å². The molecule has 2 rings (SSSR count). The summed E-state index contributed by atoms with van der Waals surface area (Å²) in [6, 6.07) is 4.63.